The van der Waals surface area contributed by atoms with Crippen molar-refractivity contribution in [2.45, 2.75) is 12.7 Å². The van der Waals surface area contributed by atoms with Gasteiger partial charge in [-0.3, -0.25) is 14.2 Å². The fourth-order valence-corrected chi connectivity index (χ4v) is 4.16. The summed E-state index contributed by atoms with van der Waals surface area (Å²) in [4.78, 5) is 38.8. The van der Waals surface area contributed by atoms with Crippen molar-refractivity contribution in [2.75, 3.05) is 12.4 Å². The van der Waals surface area contributed by atoms with Crippen LogP contribution in [-0.4, -0.2) is 22.2 Å². The normalized spacial score (nSPS) is 11.5. The van der Waals surface area contributed by atoms with Gasteiger partial charge in [0.25, 0.3) is 5.56 Å². The monoisotopic (exact) mass is 475 g/mol. The summed E-state index contributed by atoms with van der Waals surface area (Å²) in [5.41, 5.74) is -2.27. The highest BCUT2D eigenvalue weighted by atomic mass is 32.1. The van der Waals surface area contributed by atoms with E-state index in [0.29, 0.717) is 16.0 Å². The smallest absolute Gasteiger partial charge is 0.416 e. The molecule has 0 saturated carbocycles. The predicted octanol–water partition coefficient (Wildman–Crippen LogP) is 3.88. The fourth-order valence-electron chi connectivity index (χ4n) is 3.33. The molecule has 0 unspecified atom stereocenters. The van der Waals surface area contributed by atoms with Gasteiger partial charge in [0, 0.05) is 11.8 Å². The van der Waals surface area contributed by atoms with Crippen LogP contribution < -0.4 is 21.3 Å². The lowest BCUT2D eigenvalue weighted by Gasteiger charge is -2.14. The van der Waals surface area contributed by atoms with Gasteiger partial charge in [-0.25, -0.2) is 9.36 Å². The molecule has 0 saturated heterocycles. The number of benzene rings is 2. The second-order valence-electron chi connectivity index (χ2n) is 6.97. The molecule has 0 atom stereocenters. The maximum atomic E-state index is 13.2. The lowest BCUT2D eigenvalue weighted by molar-refractivity contribution is -0.137. The van der Waals surface area contributed by atoms with E-state index in [2.05, 4.69) is 5.32 Å². The van der Waals surface area contributed by atoms with Crippen molar-refractivity contribution in [3.63, 3.8) is 0 Å². The molecule has 1 N–H and O–H groups in total. The van der Waals surface area contributed by atoms with Crippen LogP contribution in [0.1, 0.15) is 5.56 Å². The molecule has 0 fully saturated rings. The third kappa shape index (κ3) is 4.40. The SMILES string of the molecule is COc1cccc(NC(=O)Cn2c(=O)n(-c3cccc(C(F)(F)F)c3)c(=O)c3sccc32)c1. The lowest BCUT2D eigenvalue weighted by atomic mass is 10.2. The highest BCUT2D eigenvalue weighted by Gasteiger charge is 2.31. The second kappa shape index (κ2) is 8.58. The van der Waals surface area contributed by atoms with Crippen molar-refractivity contribution in [1.82, 2.24) is 9.13 Å². The van der Waals surface area contributed by atoms with Crippen LogP contribution in [0.4, 0.5) is 18.9 Å². The number of nitrogens with one attached hydrogen (secondary N) is 1. The molecule has 4 rings (SSSR count). The number of carbonyl (C=O) groups excluding carboxylic acids is 1. The number of carbonyl (C=O) groups is 1. The van der Waals surface area contributed by atoms with Crippen LogP contribution in [0.5, 0.6) is 5.75 Å². The minimum atomic E-state index is -4.65. The summed E-state index contributed by atoms with van der Waals surface area (Å²) in [6.07, 6.45) is -4.65. The van der Waals surface area contributed by atoms with Crippen LogP contribution in [0.3, 0.4) is 0 Å². The Morgan fingerprint density at radius 3 is 2.58 bits per heavy atom. The van der Waals surface area contributed by atoms with Gasteiger partial charge in [0.15, 0.2) is 0 Å². The highest BCUT2D eigenvalue weighted by Crippen LogP contribution is 2.30. The first-order valence-electron chi connectivity index (χ1n) is 9.53. The number of halogens is 3. The average Bonchev–Trinajstić information content (AvgIpc) is 3.27. The quantitative estimate of drug-likeness (QED) is 0.475. The minimum absolute atomic E-state index is 0.140. The van der Waals surface area contributed by atoms with E-state index in [0.717, 1.165) is 34.1 Å². The van der Waals surface area contributed by atoms with E-state index >= 15 is 0 Å². The maximum Gasteiger partial charge on any atom is 0.416 e. The molecule has 2 heterocycles. The second-order valence-corrected chi connectivity index (χ2v) is 7.89. The Bertz CT molecular complexity index is 1470. The first-order valence-corrected chi connectivity index (χ1v) is 10.4. The van der Waals surface area contributed by atoms with Crippen molar-refractivity contribution in [2.24, 2.45) is 0 Å². The third-order valence-electron chi connectivity index (χ3n) is 4.84. The molecule has 0 aliphatic heterocycles. The van der Waals surface area contributed by atoms with Gasteiger partial charge in [-0.2, -0.15) is 13.2 Å². The van der Waals surface area contributed by atoms with Gasteiger partial charge in [0.1, 0.15) is 17.0 Å². The van der Waals surface area contributed by atoms with Crippen LogP contribution in [0.25, 0.3) is 15.9 Å². The Morgan fingerprint density at radius 1 is 1.09 bits per heavy atom. The van der Waals surface area contributed by atoms with Gasteiger partial charge in [-0.1, -0.05) is 12.1 Å². The zero-order chi connectivity index (χ0) is 23.8. The topological polar surface area (TPSA) is 82.3 Å². The Balaban J connectivity index is 1.79. The third-order valence-corrected chi connectivity index (χ3v) is 5.73. The number of hydrogen-bond acceptors (Lipinski definition) is 5. The molecule has 0 bridgehead atoms. The van der Waals surface area contributed by atoms with E-state index in [1.165, 1.54) is 19.2 Å². The van der Waals surface area contributed by atoms with Crippen LogP contribution in [-0.2, 0) is 17.5 Å². The number of rotatable bonds is 5. The van der Waals surface area contributed by atoms with E-state index in [9.17, 15) is 27.6 Å². The van der Waals surface area contributed by atoms with Gasteiger partial charge in [-0.05, 0) is 41.8 Å². The summed E-state index contributed by atoms with van der Waals surface area (Å²) < 4.78 is 46.5. The Morgan fingerprint density at radius 2 is 1.85 bits per heavy atom. The van der Waals surface area contributed by atoms with E-state index in [1.807, 2.05) is 0 Å². The predicted molar refractivity (Wildman–Crippen MR) is 118 cm³/mol. The molecule has 33 heavy (non-hydrogen) atoms. The van der Waals surface area contributed by atoms with Crippen molar-refractivity contribution in [3.8, 4) is 11.4 Å². The lowest BCUT2D eigenvalue weighted by Crippen LogP contribution is -2.40. The summed E-state index contributed by atoms with van der Waals surface area (Å²) in [6, 6.07) is 12.0. The largest absolute Gasteiger partial charge is 0.497 e. The Labute approximate surface area is 188 Å². The summed E-state index contributed by atoms with van der Waals surface area (Å²) in [5.74, 6) is -0.0459. The van der Waals surface area contributed by atoms with Crippen molar-refractivity contribution >= 4 is 33.1 Å². The molecule has 0 aliphatic carbocycles. The van der Waals surface area contributed by atoms with Crippen molar-refractivity contribution < 1.29 is 22.7 Å². The van der Waals surface area contributed by atoms with Gasteiger partial charge >= 0.3 is 11.9 Å². The number of alkyl halides is 3. The van der Waals surface area contributed by atoms with Crippen molar-refractivity contribution in [1.29, 1.82) is 0 Å². The first kappa shape index (κ1) is 22.3. The molecule has 4 aromatic rings. The molecular formula is C22H16F3N3O4S. The van der Waals surface area contributed by atoms with E-state index in [1.54, 1.807) is 29.6 Å². The number of methoxy groups -OCH3 is 1. The number of amides is 1. The summed E-state index contributed by atoms with van der Waals surface area (Å²) in [6.45, 7) is -0.456. The zero-order valence-electron chi connectivity index (χ0n) is 17.1. The molecule has 2 aromatic carbocycles. The molecule has 1 amide bonds. The van der Waals surface area contributed by atoms with Gasteiger partial charge in [-0.15, -0.1) is 11.3 Å². The molecule has 0 aliphatic rings. The molecule has 0 radical (unpaired) electrons. The number of fused-ring (bicyclic) bond motifs is 1. The highest BCUT2D eigenvalue weighted by molar-refractivity contribution is 7.17. The number of ether oxygens (including phenoxy) is 1. The van der Waals surface area contributed by atoms with E-state index in [-0.39, 0.29) is 15.9 Å². The molecule has 7 nitrogen and oxygen atoms in total. The molecule has 2 aromatic heterocycles. The van der Waals surface area contributed by atoms with Crippen LogP contribution in [0, 0.1) is 0 Å². The number of thiophene rings is 1. The van der Waals surface area contributed by atoms with Crippen LogP contribution >= 0.6 is 11.3 Å². The number of nitrogens with zero attached hydrogens (tertiary/aromatic N) is 2. The number of anilines is 1. The molecule has 11 heteroatoms. The van der Waals surface area contributed by atoms with E-state index < -0.39 is 35.4 Å². The number of aromatic nitrogens is 2. The van der Waals surface area contributed by atoms with Gasteiger partial charge in [0.05, 0.1) is 23.9 Å². The standard InChI is InChI=1S/C22H16F3N3O4S/c1-32-16-7-3-5-14(11-16)26-18(29)12-27-17-8-9-33-19(17)20(30)28(21(27)31)15-6-2-4-13(10-15)22(23,24)25/h2-11H,12H2,1H3,(H,26,29). The van der Waals surface area contributed by atoms with E-state index in [4.69, 9.17) is 4.74 Å². The Kier molecular flexibility index (Phi) is 5.81. The minimum Gasteiger partial charge on any atom is -0.497 e. The number of hydrogen-bond donors (Lipinski definition) is 1. The van der Waals surface area contributed by atoms with Crippen LogP contribution in [0.15, 0.2) is 69.6 Å². The summed E-state index contributed by atoms with van der Waals surface area (Å²) >= 11 is 1.03. The van der Waals surface area contributed by atoms with Crippen molar-refractivity contribution in [3.05, 3.63) is 86.4 Å². The average molecular weight is 475 g/mol. The molecule has 170 valence electrons. The van der Waals surface area contributed by atoms with Crippen LogP contribution in [0.2, 0.25) is 0 Å². The molecular weight excluding hydrogens is 459 g/mol. The fraction of sp³-hybridized carbons (Fsp3) is 0.136. The summed E-state index contributed by atoms with van der Waals surface area (Å²) in [7, 11) is 1.48. The zero-order valence-corrected chi connectivity index (χ0v) is 17.9. The van der Waals surface area contributed by atoms with Gasteiger partial charge in [0.2, 0.25) is 5.91 Å². The molecule has 0 spiro atoms. The van der Waals surface area contributed by atoms with Gasteiger partial charge < -0.3 is 10.1 Å². The maximum absolute atomic E-state index is 13.2. The Hall–Kier alpha value is -3.86. The first-order chi connectivity index (χ1) is 15.7. The summed E-state index contributed by atoms with van der Waals surface area (Å²) in [5, 5.41) is 4.21.